The summed E-state index contributed by atoms with van der Waals surface area (Å²) in [7, 11) is 0. The van der Waals surface area contributed by atoms with Gasteiger partial charge < -0.3 is 0 Å². The third-order valence-corrected chi connectivity index (χ3v) is 7.16. The molecule has 0 N–H and O–H groups in total. The molecule has 0 amide bonds. The van der Waals surface area contributed by atoms with Gasteiger partial charge in [0.2, 0.25) is 0 Å². The molecule has 0 saturated heterocycles. The van der Waals surface area contributed by atoms with E-state index in [0.29, 0.717) is 11.8 Å². The van der Waals surface area contributed by atoms with Gasteiger partial charge in [-0.3, -0.25) is 0 Å². The molecule has 0 heteroatoms. The highest BCUT2D eigenvalue weighted by atomic mass is 14.3. The molecular weight excluding hydrogens is 360 g/mol. The highest BCUT2D eigenvalue weighted by molar-refractivity contribution is 5.79. The molecule has 0 radical (unpaired) electrons. The Labute approximate surface area is 179 Å². The van der Waals surface area contributed by atoms with Gasteiger partial charge in [0.25, 0.3) is 0 Å². The van der Waals surface area contributed by atoms with Crippen molar-refractivity contribution < 1.29 is 0 Å². The largest absolute Gasteiger partial charge is 0.0619 e. The smallest absolute Gasteiger partial charge is 0.0102 e. The lowest BCUT2D eigenvalue weighted by Crippen LogP contribution is -1.99. The van der Waals surface area contributed by atoms with E-state index in [4.69, 9.17) is 0 Å². The van der Waals surface area contributed by atoms with Gasteiger partial charge in [-0.05, 0) is 57.3 Å². The fraction of sp³-hybridized carbons (Fsp3) is 0.200. The molecule has 30 heavy (non-hydrogen) atoms. The molecular formula is C30H26. The van der Waals surface area contributed by atoms with E-state index in [2.05, 4.69) is 97.1 Å². The summed E-state index contributed by atoms with van der Waals surface area (Å²) in [6, 6.07) is 36.0. The van der Waals surface area contributed by atoms with E-state index in [0.717, 1.165) is 0 Å². The van der Waals surface area contributed by atoms with Gasteiger partial charge in [-0.1, -0.05) is 110 Å². The molecule has 0 saturated carbocycles. The summed E-state index contributed by atoms with van der Waals surface area (Å²) in [5.74, 6) is 1.11. The number of unbranched alkanes of at least 4 members (excludes halogenated alkanes) is 1. The first kappa shape index (κ1) is 17.7. The van der Waals surface area contributed by atoms with Crippen molar-refractivity contribution in [1.82, 2.24) is 0 Å². The van der Waals surface area contributed by atoms with Crippen LogP contribution < -0.4 is 0 Å². The molecule has 0 aliphatic heterocycles. The zero-order valence-corrected chi connectivity index (χ0v) is 17.2. The SMILES string of the molecule is c1ccc2c(c1)-c1ccccc1C2CCCCC1c2ccccc2-c2ccccc21. The van der Waals surface area contributed by atoms with Crippen LogP contribution in [0.1, 0.15) is 59.8 Å². The van der Waals surface area contributed by atoms with Gasteiger partial charge in [0, 0.05) is 11.8 Å². The first-order valence-electron chi connectivity index (χ1n) is 11.3. The van der Waals surface area contributed by atoms with E-state index < -0.39 is 0 Å². The van der Waals surface area contributed by atoms with Gasteiger partial charge in [0.05, 0.1) is 0 Å². The highest BCUT2D eigenvalue weighted by Crippen LogP contribution is 2.48. The van der Waals surface area contributed by atoms with Crippen LogP contribution in [0.5, 0.6) is 0 Å². The normalized spacial score (nSPS) is 14.3. The molecule has 0 atom stereocenters. The summed E-state index contributed by atoms with van der Waals surface area (Å²) < 4.78 is 0. The minimum atomic E-state index is 0.556. The van der Waals surface area contributed by atoms with Crippen LogP contribution in [0.4, 0.5) is 0 Å². The van der Waals surface area contributed by atoms with E-state index in [9.17, 15) is 0 Å². The molecule has 6 rings (SSSR count). The molecule has 2 aliphatic rings. The van der Waals surface area contributed by atoms with E-state index in [-0.39, 0.29) is 0 Å². The predicted molar refractivity (Wildman–Crippen MR) is 126 cm³/mol. The van der Waals surface area contributed by atoms with Crippen LogP contribution in [-0.2, 0) is 0 Å². The summed E-state index contributed by atoms with van der Waals surface area (Å²) in [6.45, 7) is 0. The van der Waals surface area contributed by atoms with Crippen molar-refractivity contribution in [3.63, 3.8) is 0 Å². The fourth-order valence-electron chi connectivity index (χ4n) is 5.84. The molecule has 146 valence electrons. The third kappa shape index (κ3) is 2.75. The number of fused-ring (bicyclic) bond motifs is 6. The average molecular weight is 387 g/mol. The maximum atomic E-state index is 2.34. The Balaban J connectivity index is 1.19. The standard InChI is InChI=1S/C30H26/c1-5-15-25-21(11-1)22-12-2-6-16-26(22)29(25)19-9-10-20-30-27-17-7-3-13-23(27)24-14-4-8-18-28(24)30/h1-8,11-18,29-30H,9-10,19-20H2. The molecule has 4 aromatic rings. The predicted octanol–water partition coefficient (Wildman–Crippen LogP) is 8.17. The van der Waals surface area contributed by atoms with Crippen molar-refractivity contribution in [3.8, 4) is 22.3 Å². The van der Waals surface area contributed by atoms with Crippen LogP contribution in [0.15, 0.2) is 97.1 Å². The molecule has 4 aromatic carbocycles. The number of rotatable bonds is 5. The summed E-state index contributed by atoms with van der Waals surface area (Å²) in [6.07, 6.45) is 5.02. The lowest BCUT2D eigenvalue weighted by Gasteiger charge is -2.16. The van der Waals surface area contributed by atoms with Crippen molar-refractivity contribution in [1.29, 1.82) is 0 Å². The second-order valence-electron chi connectivity index (χ2n) is 8.74. The van der Waals surface area contributed by atoms with Crippen molar-refractivity contribution in [2.45, 2.75) is 37.5 Å². The van der Waals surface area contributed by atoms with Crippen molar-refractivity contribution >= 4 is 0 Å². The summed E-state index contributed by atoms with van der Waals surface area (Å²) in [4.78, 5) is 0. The molecule has 0 aromatic heterocycles. The van der Waals surface area contributed by atoms with Gasteiger partial charge in [0.15, 0.2) is 0 Å². The summed E-state index contributed by atoms with van der Waals surface area (Å²) in [5, 5.41) is 0. The van der Waals surface area contributed by atoms with Gasteiger partial charge in [-0.2, -0.15) is 0 Å². The van der Waals surface area contributed by atoms with E-state index in [1.807, 2.05) is 0 Å². The third-order valence-electron chi connectivity index (χ3n) is 7.16. The maximum Gasteiger partial charge on any atom is 0.0102 e. The van der Waals surface area contributed by atoms with Crippen molar-refractivity contribution in [2.75, 3.05) is 0 Å². The van der Waals surface area contributed by atoms with E-state index in [1.165, 1.54) is 70.2 Å². The van der Waals surface area contributed by atoms with Crippen LogP contribution in [0, 0.1) is 0 Å². The monoisotopic (exact) mass is 386 g/mol. The lowest BCUT2D eigenvalue weighted by molar-refractivity contribution is 0.583. The molecule has 0 spiro atoms. The second kappa shape index (κ2) is 7.29. The Morgan fingerprint density at radius 3 is 0.933 bits per heavy atom. The number of hydrogen-bond acceptors (Lipinski definition) is 0. The van der Waals surface area contributed by atoms with Crippen LogP contribution >= 0.6 is 0 Å². The minimum Gasteiger partial charge on any atom is -0.0619 e. The topological polar surface area (TPSA) is 0 Å². The van der Waals surface area contributed by atoms with E-state index in [1.54, 1.807) is 0 Å². The molecule has 0 fully saturated rings. The first-order valence-corrected chi connectivity index (χ1v) is 11.3. The lowest BCUT2D eigenvalue weighted by atomic mass is 9.88. The second-order valence-corrected chi connectivity index (χ2v) is 8.74. The number of benzene rings is 4. The quantitative estimate of drug-likeness (QED) is 0.303. The molecule has 0 heterocycles. The summed E-state index contributed by atoms with van der Waals surface area (Å²) >= 11 is 0. The Morgan fingerprint density at radius 1 is 0.367 bits per heavy atom. The molecule has 2 aliphatic carbocycles. The Bertz CT molecular complexity index is 1030. The van der Waals surface area contributed by atoms with Crippen LogP contribution in [0.2, 0.25) is 0 Å². The van der Waals surface area contributed by atoms with Crippen LogP contribution in [-0.4, -0.2) is 0 Å². The zero-order valence-electron chi connectivity index (χ0n) is 17.2. The molecule has 0 nitrogen and oxygen atoms in total. The first-order chi connectivity index (χ1) is 14.9. The van der Waals surface area contributed by atoms with Gasteiger partial charge in [0.1, 0.15) is 0 Å². The van der Waals surface area contributed by atoms with Crippen molar-refractivity contribution in [2.24, 2.45) is 0 Å². The Morgan fingerprint density at radius 2 is 0.633 bits per heavy atom. The van der Waals surface area contributed by atoms with Crippen LogP contribution in [0.3, 0.4) is 0 Å². The van der Waals surface area contributed by atoms with Gasteiger partial charge >= 0.3 is 0 Å². The number of hydrogen-bond donors (Lipinski definition) is 0. The van der Waals surface area contributed by atoms with E-state index >= 15 is 0 Å². The molecule has 0 bridgehead atoms. The van der Waals surface area contributed by atoms with Gasteiger partial charge in [-0.15, -0.1) is 0 Å². The Hall–Kier alpha value is -3.12. The minimum absolute atomic E-state index is 0.556. The fourth-order valence-corrected chi connectivity index (χ4v) is 5.84. The van der Waals surface area contributed by atoms with Gasteiger partial charge in [-0.25, -0.2) is 0 Å². The average Bonchev–Trinajstić information content (AvgIpc) is 3.30. The highest BCUT2D eigenvalue weighted by Gasteiger charge is 2.29. The van der Waals surface area contributed by atoms with Crippen LogP contribution in [0.25, 0.3) is 22.3 Å². The molecule has 0 unspecified atom stereocenters. The zero-order chi connectivity index (χ0) is 19.9. The summed E-state index contributed by atoms with van der Waals surface area (Å²) in [5.41, 5.74) is 11.9. The maximum absolute atomic E-state index is 2.34. The Kier molecular flexibility index (Phi) is 4.30. The van der Waals surface area contributed by atoms with Crippen molar-refractivity contribution in [3.05, 3.63) is 119 Å².